The zero-order valence-corrected chi connectivity index (χ0v) is 10.9. The van der Waals surface area contributed by atoms with E-state index in [2.05, 4.69) is 9.97 Å². The van der Waals surface area contributed by atoms with Gasteiger partial charge in [0.2, 0.25) is 5.95 Å². The lowest BCUT2D eigenvalue weighted by Crippen LogP contribution is -2.21. The third kappa shape index (κ3) is 2.31. The average molecular weight is 274 g/mol. The summed E-state index contributed by atoms with van der Waals surface area (Å²) in [6.45, 7) is 0. The van der Waals surface area contributed by atoms with Gasteiger partial charge in [0.05, 0.1) is 11.3 Å². The molecule has 1 unspecified atom stereocenters. The van der Waals surface area contributed by atoms with Crippen molar-refractivity contribution in [3.63, 3.8) is 0 Å². The van der Waals surface area contributed by atoms with Crippen LogP contribution in [-0.2, 0) is 6.42 Å². The van der Waals surface area contributed by atoms with Gasteiger partial charge in [-0.3, -0.25) is 4.79 Å². The number of benzene rings is 1. The number of anilines is 1. The molecule has 19 heavy (non-hydrogen) atoms. The van der Waals surface area contributed by atoms with Gasteiger partial charge in [-0.05, 0) is 30.0 Å². The van der Waals surface area contributed by atoms with Crippen molar-refractivity contribution in [2.45, 2.75) is 18.8 Å². The molecule has 2 aromatic rings. The zero-order valence-electron chi connectivity index (χ0n) is 10.1. The molecule has 3 rings (SSSR count). The molecular formula is C14H12ClN3O. The molecular weight excluding hydrogens is 262 g/mol. The fourth-order valence-electron chi connectivity index (χ4n) is 2.43. The highest BCUT2D eigenvalue weighted by atomic mass is 35.5. The Morgan fingerprint density at radius 3 is 2.68 bits per heavy atom. The number of nitrogen functional groups attached to an aromatic ring is 1. The van der Waals surface area contributed by atoms with E-state index in [0.717, 1.165) is 11.3 Å². The second-order valence-corrected chi connectivity index (χ2v) is 5.10. The Kier molecular flexibility index (Phi) is 2.95. The van der Waals surface area contributed by atoms with E-state index in [-0.39, 0.29) is 17.6 Å². The van der Waals surface area contributed by atoms with Crippen molar-refractivity contribution in [1.82, 2.24) is 9.97 Å². The van der Waals surface area contributed by atoms with Crippen LogP contribution in [-0.4, -0.2) is 15.8 Å². The molecule has 0 amide bonds. The van der Waals surface area contributed by atoms with E-state index < -0.39 is 0 Å². The van der Waals surface area contributed by atoms with Crippen LogP contribution in [0.2, 0.25) is 5.02 Å². The van der Waals surface area contributed by atoms with Crippen molar-refractivity contribution in [2.24, 2.45) is 0 Å². The van der Waals surface area contributed by atoms with E-state index >= 15 is 0 Å². The standard InChI is InChI=1S/C14H12ClN3O/c15-10-3-1-8(2-4-10)9-5-12-11(13(19)6-9)7-17-14(16)18-12/h1-4,7,9H,5-6H2,(H2,16,17,18). The molecule has 1 aliphatic rings. The summed E-state index contributed by atoms with van der Waals surface area (Å²) in [5, 5.41) is 0.692. The number of carbonyl (C=O) groups is 1. The maximum absolute atomic E-state index is 12.1. The minimum atomic E-state index is 0.0706. The van der Waals surface area contributed by atoms with Crippen molar-refractivity contribution in [2.75, 3.05) is 5.73 Å². The highest BCUT2D eigenvalue weighted by Gasteiger charge is 2.27. The quantitative estimate of drug-likeness (QED) is 0.867. The number of hydrogen-bond donors (Lipinski definition) is 1. The highest BCUT2D eigenvalue weighted by molar-refractivity contribution is 6.30. The van der Waals surface area contributed by atoms with Gasteiger partial charge in [0.25, 0.3) is 0 Å². The van der Waals surface area contributed by atoms with E-state index in [0.29, 0.717) is 23.4 Å². The van der Waals surface area contributed by atoms with E-state index in [1.165, 1.54) is 6.20 Å². The number of halogens is 1. The molecule has 1 aromatic carbocycles. The van der Waals surface area contributed by atoms with E-state index in [4.69, 9.17) is 17.3 Å². The van der Waals surface area contributed by atoms with Gasteiger partial charge >= 0.3 is 0 Å². The molecule has 2 N–H and O–H groups in total. The Morgan fingerprint density at radius 2 is 1.95 bits per heavy atom. The van der Waals surface area contributed by atoms with Gasteiger partial charge < -0.3 is 5.73 Å². The lowest BCUT2D eigenvalue weighted by Gasteiger charge is -2.23. The third-order valence-electron chi connectivity index (χ3n) is 3.40. The van der Waals surface area contributed by atoms with Crippen LogP contribution < -0.4 is 5.73 Å². The average Bonchev–Trinajstić information content (AvgIpc) is 2.38. The van der Waals surface area contributed by atoms with Gasteiger partial charge in [0.1, 0.15) is 0 Å². The molecule has 0 saturated heterocycles. The summed E-state index contributed by atoms with van der Waals surface area (Å²) < 4.78 is 0. The number of carbonyl (C=O) groups excluding carboxylic acids is 1. The molecule has 1 heterocycles. The Bertz CT molecular complexity index is 640. The lowest BCUT2D eigenvalue weighted by molar-refractivity contribution is 0.0963. The summed E-state index contributed by atoms with van der Waals surface area (Å²) in [5.41, 5.74) is 8.01. The van der Waals surface area contributed by atoms with Crippen molar-refractivity contribution in [3.8, 4) is 0 Å². The van der Waals surface area contributed by atoms with Crippen LogP contribution in [0.15, 0.2) is 30.5 Å². The smallest absolute Gasteiger partial charge is 0.220 e. The maximum atomic E-state index is 12.1. The highest BCUT2D eigenvalue weighted by Crippen LogP contribution is 2.32. The molecule has 0 fully saturated rings. The number of nitrogens with two attached hydrogens (primary N) is 1. The first kappa shape index (κ1) is 12.1. The summed E-state index contributed by atoms with van der Waals surface area (Å²) in [7, 11) is 0. The van der Waals surface area contributed by atoms with Crippen LogP contribution in [0.5, 0.6) is 0 Å². The molecule has 0 bridgehead atoms. The first-order valence-corrected chi connectivity index (χ1v) is 6.41. The molecule has 0 spiro atoms. The largest absolute Gasteiger partial charge is 0.368 e. The SMILES string of the molecule is Nc1ncc2c(n1)CC(c1ccc(Cl)cc1)CC2=O. The van der Waals surface area contributed by atoms with E-state index in [1.807, 2.05) is 24.3 Å². The number of fused-ring (bicyclic) bond motifs is 1. The third-order valence-corrected chi connectivity index (χ3v) is 3.65. The Morgan fingerprint density at radius 1 is 1.21 bits per heavy atom. The fraction of sp³-hybridized carbons (Fsp3) is 0.214. The van der Waals surface area contributed by atoms with E-state index in [1.54, 1.807) is 0 Å². The monoisotopic (exact) mass is 273 g/mol. The summed E-state index contributed by atoms with van der Waals surface area (Å²) in [6.07, 6.45) is 2.70. The normalized spacial score (nSPS) is 18.2. The molecule has 0 aliphatic heterocycles. The van der Waals surface area contributed by atoms with Crippen LogP contribution >= 0.6 is 11.6 Å². The van der Waals surface area contributed by atoms with Gasteiger partial charge in [-0.1, -0.05) is 23.7 Å². The Hall–Kier alpha value is -1.94. The summed E-state index contributed by atoms with van der Waals surface area (Å²) in [5.74, 6) is 0.413. The summed E-state index contributed by atoms with van der Waals surface area (Å²) >= 11 is 5.88. The topological polar surface area (TPSA) is 68.9 Å². The fourth-order valence-corrected chi connectivity index (χ4v) is 2.56. The van der Waals surface area contributed by atoms with Crippen molar-refractivity contribution >= 4 is 23.3 Å². The minimum absolute atomic E-state index is 0.0706. The number of aromatic nitrogens is 2. The van der Waals surface area contributed by atoms with E-state index in [9.17, 15) is 4.79 Å². The maximum Gasteiger partial charge on any atom is 0.220 e. The first-order chi connectivity index (χ1) is 9.13. The predicted octanol–water partition coefficient (Wildman–Crippen LogP) is 2.62. The Balaban J connectivity index is 1.96. The van der Waals surface area contributed by atoms with Crippen molar-refractivity contribution in [3.05, 3.63) is 52.3 Å². The lowest BCUT2D eigenvalue weighted by atomic mass is 9.82. The number of hydrogen-bond acceptors (Lipinski definition) is 4. The van der Waals surface area contributed by atoms with Crippen LogP contribution in [0.1, 0.15) is 34.0 Å². The molecule has 5 heteroatoms. The number of ketones is 1. The Labute approximate surface area is 115 Å². The summed E-state index contributed by atoms with van der Waals surface area (Å²) in [6, 6.07) is 7.59. The molecule has 1 aliphatic carbocycles. The summed E-state index contributed by atoms with van der Waals surface area (Å²) in [4.78, 5) is 20.2. The molecule has 96 valence electrons. The number of nitrogens with zero attached hydrogens (tertiary/aromatic N) is 2. The molecule has 1 atom stereocenters. The van der Waals surface area contributed by atoms with Crippen LogP contribution in [0.25, 0.3) is 0 Å². The second kappa shape index (κ2) is 4.63. The van der Waals surface area contributed by atoms with Gasteiger partial charge in [-0.25, -0.2) is 9.97 Å². The molecule has 0 radical (unpaired) electrons. The minimum Gasteiger partial charge on any atom is -0.368 e. The predicted molar refractivity (Wildman–Crippen MR) is 73.3 cm³/mol. The zero-order chi connectivity index (χ0) is 13.4. The van der Waals surface area contributed by atoms with Crippen molar-refractivity contribution < 1.29 is 4.79 Å². The van der Waals surface area contributed by atoms with Crippen LogP contribution in [0, 0.1) is 0 Å². The second-order valence-electron chi connectivity index (χ2n) is 4.67. The van der Waals surface area contributed by atoms with Gasteiger partial charge in [-0.2, -0.15) is 0 Å². The number of rotatable bonds is 1. The number of Topliss-reactive ketones (excluding diaryl/α,β-unsaturated/α-hetero) is 1. The molecule has 1 aromatic heterocycles. The van der Waals surface area contributed by atoms with Gasteiger partial charge in [-0.15, -0.1) is 0 Å². The van der Waals surface area contributed by atoms with Crippen LogP contribution in [0.3, 0.4) is 0 Å². The van der Waals surface area contributed by atoms with Crippen molar-refractivity contribution in [1.29, 1.82) is 0 Å². The van der Waals surface area contributed by atoms with Crippen LogP contribution in [0.4, 0.5) is 5.95 Å². The molecule has 4 nitrogen and oxygen atoms in total. The van der Waals surface area contributed by atoms with Gasteiger partial charge in [0, 0.05) is 17.6 Å². The molecule has 0 saturated carbocycles. The first-order valence-electron chi connectivity index (χ1n) is 6.03. The van der Waals surface area contributed by atoms with Gasteiger partial charge in [0.15, 0.2) is 5.78 Å².